The van der Waals surface area contributed by atoms with Gasteiger partial charge in [-0.1, -0.05) is 6.07 Å². The number of carbonyl (C=O) groups is 1. The molecule has 3 aromatic heterocycles. The Hall–Kier alpha value is -2.64. The van der Waals surface area contributed by atoms with Gasteiger partial charge in [-0.25, -0.2) is 9.78 Å². The molecule has 0 spiro atoms. The first-order valence-corrected chi connectivity index (χ1v) is 8.75. The molecule has 1 fully saturated rings. The number of imidazole rings is 1. The number of nitrogens with zero attached hydrogens (tertiary/aromatic N) is 4. The van der Waals surface area contributed by atoms with E-state index in [-0.39, 0.29) is 0 Å². The zero-order valence-corrected chi connectivity index (χ0v) is 14.8. The quantitative estimate of drug-likeness (QED) is 0.654. The smallest absolute Gasteiger partial charge is 0.374 e. The molecule has 0 saturated carbocycles. The van der Waals surface area contributed by atoms with Gasteiger partial charge in [-0.15, -0.1) is 0 Å². The molecule has 0 bridgehead atoms. The van der Waals surface area contributed by atoms with E-state index in [4.69, 9.17) is 9.15 Å². The van der Waals surface area contributed by atoms with Gasteiger partial charge >= 0.3 is 5.97 Å². The van der Waals surface area contributed by atoms with Crippen LogP contribution in [0.25, 0.3) is 5.65 Å². The van der Waals surface area contributed by atoms with E-state index in [1.807, 2.05) is 30.5 Å². The number of methoxy groups -OCH3 is 1. The summed E-state index contributed by atoms with van der Waals surface area (Å²) in [6, 6.07) is 7.87. The summed E-state index contributed by atoms with van der Waals surface area (Å²) in [7, 11) is 1.37. The Morgan fingerprint density at radius 3 is 2.65 bits per heavy atom. The van der Waals surface area contributed by atoms with Crippen molar-refractivity contribution in [2.45, 2.75) is 13.1 Å². The van der Waals surface area contributed by atoms with Crippen molar-refractivity contribution < 1.29 is 13.9 Å². The van der Waals surface area contributed by atoms with Gasteiger partial charge in [0.25, 0.3) is 0 Å². The summed E-state index contributed by atoms with van der Waals surface area (Å²) in [6.45, 7) is 5.38. The van der Waals surface area contributed by atoms with Crippen LogP contribution in [0.4, 0.5) is 0 Å². The number of rotatable bonds is 5. The molecule has 0 amide bonds. The highest BCUT2D eigenvalue weighted by Crippen LogP contribution is 2.16. The Morgan fingerprint density at radius 2 is 1.92 bits per heavy atom. The standard InChI is InChI=1S/C19H22N4O3/c1-25-19(24)18-15(5-11-26-18)12-21-7-9-22(10-8-21)13-16-14-23-6-3-2-4-17(23)20-16/h2-6,11,14H,7-10,12-13H2,1H3. The normalized spacial score (nSPS) is 16.2. The summed E-state index contributed by atoms with van der Waals surface area (Å²) < 4.78 is 12.1. The highest BCUT2D eigenvalue weighted by atomic mass is 16.5. The third kappa shape index (κ3) is 3.49. The van der Waals surface area contributed by atoms with E-state index in [1.54, 1.807) is 6.26 Å². The number of esters is 1. The molecule has 4 rings (SSSR count). The van der Waals surface area contributed by atoms with E-state index in [9.17, 15) is 4.79 Å². The second-order valence-corrected chi connectivity index (χ2v) is 6.52. The second-order valence-electron chi connectivity index (χ2n) is 6.52. The lowest BCUT2D eigenvalue weighted by molar-refractivity contribution is 0.0559. The van der Waals surface area contributed by atoms with Gasteiger partial charge in [0.1, 0.15) is 5.65 Å². The van der Waals surface area contributed by atoms with Gasteiger partial charge in [0.15, 0.2) is 0 Å². The number of pyridine rings is 1. The number of carbonyl (C=O) groups excluding carboxylic acids is 1. The van der Waals surface area contributed by atoms with Crippen molar-refractivity contribution >= 4 is 11.6 Å². The third-order valence-corrected chi connectivity index (χ3v) is 4.78. The Kier molecular flexibility index (Phi) is 4.73. The molecule has 1 saturated heterocycles. The van der Waals surface area contributed by atoms with Crippen LogP contribution in [0.5, 0.6) is 0 Å². The van der Waals surface area contributed by atoms with E-state index < -0.39 is 5.97 Å². The number of fused-ring (bicyclic) bond motifs is 1. The Balaban J connectivity index is 1.33. The van der Waals surface area contributed by atoms with Crippen LogP contribution < -0.4 is 0 Å². The van der Waals surface area contributed by atoms with Gasteiger partial charge in [0.05, 0.1) is 19.1 Å². The first-order chi connectivity index (χ1) is 12.7. The van der Waals surface area contributed by atoms with Crippen molar-refractivity contribution in [2.24, 2.45) is 0 Å². The van der Waals surface area contributed by atoms with Crippen LogP contribution in [-0.4, -0.2) is 58.4 Å². The second kappa shape index (κ2) is 7.31. The third-order valence-electron chi connectivity index (χ3n) is 4.78. The maximum absolute atomic E-state index is 11.7. The van der Waals surface area contributed by atoms with Crippen LogP contribution in [0.3, 0.4) is 0 Å². The number of furan rings is 1. The molecule has 3 aromatic rings. The first kappa shape index (κ1) is 16.8. The van der Waals surface area contributed by atoms with Crippen LogP contribution >= 0.6 is 0 Å². The highest BCUT2D eigenvalue weighted by Gasteiger charge is 2.22. The minimum Gasteiger partial charge on any atom is -0.463 e. The average Bonchev–Trinajstić information content (AvgIpc) is 3.29. The minimum absolute atomic E-state index is 0.305. The van der Waals surface area contributed by atoms with Crippen molar-refractivity contribution in [3.05, 3.63) is 59.9 Å². The monoisotopic (exact) mass is 354 g/mol. The van der Waals surface area contributed by atoms with Gasteiger partial charge in [-0.3, -0.25) is 9.80 Å². The van der Waals surface area contributed by atoms with Crippen molar-refractivity contribution in [3.63, 3.8) is 0 Å². The number of hydrogen-bond acceptors (Lipinski definition) is 6. The van der Waals surface area contributed by atoms with E-state index in [0.29, 0.717) is 12.3 Å². The lowest BCUT2D eigenvalue weighted by Crippen LogP contribution is -2.45. The molecule has 0 atom stereocenters. The lowest BCUT2D eigenvalue weighted by atomic mass is 10.2. The van der Waals surface area contributed by atoms with Crippen molar-refractivity contribution in [2.75, 3.05) is 33.3 Å². The molecule has 7 heteroatoms. The molecule has 4 heterocycles. The summed E-state index contributed by atoms with van der Waals surface area (Å²) in [5, 5.41) is 0. The first-order valence-electron chi connectivity index (χ1n) is 8.75. The van der Waals surface area contributed by atoms with Crippen LogP contribution in [0.15, 0.2) is 47.3 Å². The van der Waals surface area contributed by atoms with E-state index in [2.05, 4.69) is 25.4 Å². The van der Waals surface area contributed by atoms with Crippen LogP contribution in [0.2, 0.25) is 0 Å². The zero-order chi connectivity index (χ0) is 17.9. The fourth-order valence-electron chi connectivity index (χ4n) is 3.37. The molecule has 0 aliphatic carbocycles. The molecule has 136 valence electrons. The SMILES string of the molecule is COC(=O)c1occc1CN1CCN(Cc2cn3ccccc3n2)CC1. The number of piperazine rings is 1. The predicted octanol–water partition coefficient (Wildman–Crippen LogP) is 2.03. The van der Waals surface area contributed by atoms with Gasteiger partial charge < -0.3 is 13.6 Å². The molecular formula is C19H22N4O3. The minimum atomic E-state index is -0.421. The summed E-state index contributed by atoms with van der Waals surface area (Å²) in [5.74, 6) is -0.116. The zero-order valence-electron chi connectivity index (χ0n) is 14.8. The molecule has 0 aromatic carbocycles. The summed E-state index contributed by atoms with van der Waals surface area (Å²) in [5.41, 5.74) is 2.95. The molecule has 7 nitrogen and oxygen atoms in total. The average molecular weight is 354 g/mol. The molecule has 0 N–H and O–H groups in total. The van der Waals surface area contributed by atoms with Crippen molar-refractivity contribution in [1.82, 2.24) is 19.2 Å². The predicted molar refractivity (Wildman–Crippen MR) is 95.8 cm³/mol. The highest BCUT2D eigenvalue weighted by molar-refractivity contribution is 5.87. The van der Waals surface area contributed by atoms with Gasteiger partial charge in [-0.2, -0.15) is 0 Å². The van der Waals surface area contributed by atoms with E-state index in [0.717, 1.165) is 49.6 Å². The van der Waals surface area contributed by atoms with Crippen LogP contribution in [-0.2, 0) is 17.8 Å². The Morgan fingerprint density at radius 1 is 1.15 bits per heavy atom. The van der Waals surface area contributed by atoms with Gasteiger partial charge in [0.2, 0.25) is 5.76 Å². The topological polar surface area (TPSA) is 63.2 Å². The largest absolute Gasteiger partial charge is 0.463 e. The fourth-order valence-corrected chi connectivity index (χ4v) is 3.37. The Bertz CT molecular complexity index is 860. The van der Waals surface area contributed by atoms with E-state index >= 15 is 0 Å². The van der Waals surface area contributed by atoms with Gasteiger partial charge in [0, 0.05) is 57.2 Å². The van der Waals surface area contributed by atoms with Crippen molar-refractivity contribution in [1.29, 1.82) is 0 Å². The van der Waals surface area contributed by atoms with Crippen LogP contribution in [0, 0.1) is 0 Å². The summed E-state index contributed by atoms with van der Waals surface area (Å²) in [4.78, 5) is 21.1. The van der Waals surface area contributed by atoms with Crippen LogP contribution in [0.1, 0.15) is 21.8 Å². The molecule has 0 radical (unpaired) electrons. The molecule has 26 heavy (non-hydrogen) atoms. The Labute approximate surface area is 151 Å². The maximum Gasteiger partial charge on any atom is 0.374 e. The maximum atomic E-state index is 11.7. The molecule has 0 unspecified atom stereocenters. The van der Waals surface area contributed by atoms with E-state index in [1.165, 1.54) is 7.11 Å². The van der Waals surface area contributed by atoms with Crippen molar-refractivity contribution in [3.8, 4) is 0 Å². The number of ether oxygens (including phenoxy) is 1. The number of aromatic nitrogens is 2. The summed E-state index contributed by atoms with van der Waals surface area (Å²) in [6.07, 6.45) is 5.66. The fraction of sp³-hybridized carbons (Fsp3) is 0.368. The molecule has 1 aliphatic rings. The van der Waals surface area contributed by atoms with Gasteiger partial charge in [-0.05, 0) is 18.2 Å². The molecular weight excluding hydrogens is 332 g/mol. The lowest BCUT2D eigenvalue weighted by Gasteiger charge is -2.34. The summed E-state index contributed by atoms with van der Waals surface area (Å²) >= 11 is 0. The number of hydrogen-bond donors (Lipinski definition) is 0. The molecule has 1 aliphatic heterocycles.